The summed E-state index contributed by atoms with van der Waals surface area (Å²) in [5.74, 6) is 3.46. The molecule has 0 saturated carbocycles. The van der Waals surface area contributed by atoms with Crippen molar-refractivity contribution in [1.29, 1.82) is 0 Å². The molecule has 7 heteroatoms. The summed E-state index contributed by atoms with van der Waals surface area (Å²) in [5.41, 5.74) is 4.44. The van der Waals surface area contributed by atoms with E-state index in [1.807, 2.05) is 102 Å². The first kappa shape index (κ1) is 50.7. The van der Waals surface area contributed by atoms with Crippen LogP contribution in [0.2, 0.25) is 0 Å². The molecule has 7 nitrogen and oxygen atoms in total. The molecule has 0 aliphatic rings. The zero-order chi connectivity index (χ0) is 44.7. The summed E-state index contributed by atoms with van der Waals surface area (Å²) in [6.45, 7) is 21.1. The second-order valence-corrected chi connectivity index (χ2v) is 16.6. The molecule has 0 aromatic heterocycles. The predicted molar refractivity (Wildman–Crippen MR) is 265 cm³/mol. The molecule has 0 aliphatic carbocycles. The number of aryl methyl sites for hydroxylation is 1. The summed E-state index contributed by atoms with van der Waals surface area (Å²) in [5, 5.41) is 3.57. The highest BCUT2D eigenvalue weighted by Gasteiger charge is 2.18. The maximum atomic E-state index is 13.6. The highest BCUT2D eigenvalue weighted by molar-refractivity contribution is 5.94. The van der Waals surface area contributed by atoms with Gasteiger partial charge in [0.2, 0.25) is 0 Å². The van der Waals surface area contributed by atoms with Gasteiger partial charge in [0, 0.05) is 44.8 Å². The first-order chi connectivity index (χ1) is 30.9. The number of rotatable bonds is 29. The molecule has 0 bridgehead atoms. The van der Waals surface area contributed by atoms with E-state index in [1.54, 1.807) is 0 Å². The summed E-state index contributed by atoms with van der Waals surface area (Å²) in [6, 6.07) is 44.3. The Hall–Kier alpha value is -4.95. The number of hydrogen-bond donors (Lipinski definition) is 1. The quantitative estimate of drug-likeness (QED) is 0.0484. The number of para-hydroxylation sites is 2. The van der Waals surface area contributed by atoms with Crippen LogP contribution in [-0.4, -0.2) is 73.0 Å². The second-order valence-electron chi connectivity index (χ2n) is 16.6. The lowest BCUT2D eigenvalue weighted by Crippen LogP contribution is -2.39. The molecule has 5 rings (SSSR count). The fourth-order valence-corrected chi connectivity index (χ4v) is 7.28. The number of nitrogens with zero attached hydrogens (tertiary/aromatic N) is 3. The van der Waals surface area contributed by atoms with E-state index in [0.29, 0.717) is 13.1 Å². The van der Waals surface area contributed by atoms with Crippen LogP contribution in [-0.2, 0) is 19.5 Å². The summed E-state index contributed by atoms with van der Waals surface area (Å²) in [6.07, 6.45) is 12.0. The minimum atomic E-state index is 0.0959. The third-order valence-electron chi connectivity index (χ3n) is 11.1. The van der Waals surface area contributed by atoms with Gasteiger partial charge in [-0.15, -0.1) is 0 Å². The summed E-state index contributed by atoms with van der Waals surface area (Å²) < 4.78 is 11.8. The van der Waals surface area contributed by atoms with Crippen molar-refractivity contribution < 1.29 is 14.3 Å². The Morgan fingerprint density at radius 2 is 0.873 bits per heavy atom. The Morgan fingerprint density at radius 1 is 0.444 bits per heavy atom. The average molecular weight is 855 g/mol. The average Bonchev–Trinajstić information content (AvgIpc) is 3.32. The molecule has 0 spiro atoms. The Bertz CT molecular complexity index is 1870. The van der Waals surface area contributed by atoms with Crippen LogP contribution in [0.4, 0.5) is 0 Å². The highest BCUT2D eigenvalue weighted by Crippen LogP contribution is 2.23. The van der Waals surface area contributed by atoms with Crippen molar-refractivity contribution in [3.8, 4) is 23.0 Å². The molecule has 0 heterocycles. The smallest absolute Gasteiger partial charge is 0.254 e. The van der Waals surface area contributed by atoms with Gasteiger partial charge < -0.3 is 29.5 Å². The number of hydrogen-bond acceptors (Lipinski definition) is 6. The Kier molecular flexibility index (Phi) is 24.9. The molecule has 5 aromatic carbocycles. The molecule has 63 heavy (non-hydrogen) atoms. The van der Waals surface area contributed by atoms with Crippen LogP contribution in [0.3, 0.4) is 0 Å². The number of nitrogens with one attached hydrogen (secondary N) is 1. The van der Waals surface area contributed by atoms with Crippen molar-refractivity contribution in [2.24, 2.45) is 0 Å². The van der Waals surface area contributed by atoms with Gasteiger partial charge in [-0.3, -0.25) is 4.79 Å². The van der Waals surface area contributed by atoms with Gasteiger partial charge in [0.05, 0.1) is 0 Å². The lowest BCUT2D eigenvalue weighted by atomic mass is 10.1. The van der Waals surface area contributed by atoms with Crippen LogP contribution in [0, 0.1) is 0 Å². The lowest BCUT2D eigenvalue weighted by Gasteiger charge is -2.28. The van der Waals surface area contributed by atoms with Crippen molar-refractivity contribution >= 4 is 5.91 Å². The van der Waals surface area contributed by atoms with Gasteiger partial charge in [0.25, 0.3) is 5.91 Å². The van der Waals surface area contributed by atoms with Crippen molar-refractivity contribution in [2.45, 2.75) is 112 Å². The van der Waals surface area contributed by atoms with E-state index in [-0.39, 0.29) is 5.91 Å². The van der Waals surface area contributed by atoms with Gasteiger partial charge in [-0.25, -0.2) is 0 Å². The molecular weight excluding hydrogens is 777 g/mol. The van der Waals surface area contributed by atoms with Crippen LogP contribution in [0.5, 0.6) is 23.0 Å². The van der Waals surface area contributed by atoms with Crippen molar-refractivity contribution in [2.75, 3.05) is 52.4 Å². The van der Waals surface area contributed by atoms with E-state index in [4.69, 9.17) is 9.47 Å². The maximum absolute atomic E-state index is 13.6. The van der Waals surface area contributed by atoms with E-state index in [2.05, 4.69) is 86.1 Å². The zero-order valence-electron chi connectivity index (χ0n) is 39.4. The molecular formula is C56H78N4O3. The molecule has 340 valence electrons. The normalized spacial score (nSPS) is 11.0. The van der Waals surface area contributed by atoms with Gasteiger partial charge in [0.15, 0.2) is 0 Å². The molecule has 5 aromatic rings. The summed E-state index contributed by atoms with van der Waals surface area (Å²) >= 11 is 0. The van der Waals surface area contributed by atoms with Crippen molar-refractivity contribution in [1.82, 2.24) is 20.0 Å². The fraction of sp³-hybridized carbons (Fsp3) is 0.446. The SMILES string of the molecule is CCCCN(CCCC)CCN(Cc1ccc(Oc2ccccc2)cc1)C(=O)c1ccc(CCC)cc1.CCCCN(CCCC)CCNCc1ccc(Oc2ccccc2)cc1. The molecule has 0 radical (unpaired) electrons. The third kappa shape index (κ3) is 20.4. The molecule has 0 aliphatic heterocycles. The highest BCUT2D eigenvalue weighted by atomic mass is 16.5. The monoisotopic (exact) mass is 855 g/mol. The van der Waals surface area contributed by atoms with Crippen LogP contribution in [0.25, 0.3) is 0 Å². The van der Waals surface area contributed by atoms with Crippen LogP contribution >= 0.6 is 0 Å². The van der Waals surface area contributed by atoms with Gasteiger partial charge >= 0.3 is 0 Å². The number of amides is 1. The van der Waals surface area contributed by atoms with Gasteiger partial charge in [-0.1, -0.05) is 140 Å². The Morgan fingerprint density at radius 3 is 1.33 bits per heavy atom. The number of ether oxygens (including phenoxy) is 2. The Labute approximate surface area is 381 Å². The van der Waals surface area contributed by atoms with Gasteiger partial charge in [-0.2, -0.15) is 0 Å². The number of carbonyl (C=O) groups is 1. The van der Waals surface area contributed by atoms with Gasteiger partial charge in [-0.05, 0) is 136 Å². The molecule has 0 saturated heterocycles. The van der Waals surface area contributed by atoms with Crippen LogP contribution in [0.1, 0.15) is 119 Å². The van der Waals surface area contributed by atoms with E-state index in [9.17, 15) is 4.79 Å². The topological polar surface area (TPSA) is 57.3 Å². The summed E-state index contributed by atoms with van der Waals surface area (Å²) in [4.78, 5) is 20.8. The minimum Gasteiger partial charge on any atom is -0.457 e. The minimum absolute atomic E-state index is 0.0959. The first-order valence-corrected chi connectivity index (χ1v) is 24.1. The fourth-order valence-electron chi connectivity index (χ4n) is 7.28. The van der Waals surface area contributed by atoms with Crippen molar-refractivity contribution in [3.63, 3.8) is 0 Å². The van der Waals surface area contributed by atoms with E-state index in [0.717, 1.165) is 86.2 Å². The molecule has 0 fully saturated rings. The number of benzene rings is 5. The largest absolute Gasteiger partial charge is 0.457 e. The molecule has 1 amide bonds. The molecule has 0 atom stereocenters. The maximum Gasteiger partial charge on any atom is 0.254 e. The second kappa shape index (κ2) is 31.0. The van der Waals surface area contributed by atoms with Crippen LogP contribution in [0.15, 0.2) is 133 Å². The van der Waals surface area contributed by atoms with Crippen molar-refractivity contribution in [3.05, 3.63) is 156 Å². The molecule has 1 N–H and O–H groups in total. The summed E-state index contributed by atoms with van der Waals surface area (Å²) in [7, 11) is 0. The first-order valence-electron chi connectivity index (χ1n) is 24.1. The van der Waals surface area contributed by atoms with Crippen LogP contribution < -0.4 is 14.8 Å². The van der Waals surface area contributed by atoms with Gasteiger partial charge in [0.1, 0.15) is 23.0 Å². The zero-order valence-corrected chi connectivity index (χ0v) is 39.4. The number of carbonyl (C=O) groups excluding carboxylic acids is 1. The number of unbranched alkanes of at least 4 members (excludes halogenated alkanes) is 4. The lowest BCUT2D eigenvalue weighted by molar-refractivity contribution is 0.0720. The predicted octanol–water partition coefficient (Wildman–Crippen LogP) is 13.4. The van der Waals surface area contributed by atoms with E-state index < -0.39 is 0 Å². The molecule has 0 unspecified atom stereocenters. The standard InChI is InChI=1S/C33H44N2O2.C23H34N2O/c1-4-7-23-34(24-8-5-2)25-26-35(33(36)30-19-15-28(12-6-3)16-20-30)27-29-17-21-32(22-18-29)37-31-13-10-9-11-14-31;1-3-5-17-25(18-6-4-2)19-16-24-20-21-12-14-23(15-13-21)26-22-10-8-7-9-11-22/h9-11,13-22H,4-8,12,23-27H2,1-3H3;7-15,24H,3-6,16-20H2,1-2H3. The Balaban J connectivity index is 0.000000294. The van der Waals surface area contributed by atoms with E-state index >= 15 is 0 Å². The third-order valence-corrected chi connectivity index (χ3v) is 11.1. The van der Waals surface area contributed by atoms with E-state index in [1.165, 1.54) is 75.6 Å².